The van der Waals surface area contributed by atoms with Crippen molar-refractivity contribution in [3.63, 3.8) is 0 Å². The van der Waals surface area contributed by atoms with Gasteiger partial charge in [-0.3, -0.25) is 4.79 Å². The number of hydrogen-bond donors (Lipinski definition) is 3. The number of rotatable bonds is 15. The molecule has 0 fully saturated rings. The third-order valence-corrected chi connectivity index (χ3v) is 7.82. The lowest BCUT2D eigenvalue weighted by Gasteiger charge is -2.40. The van der Waals surface area contributed by atoms with Gasteiger partial charge in [0, 0.05) is 38.4 Å². The molecule has 0 saturated carbocycles. The van der Waals surface area contributed by atoms with Crippen molar-refractivity contribution in [2.24, 2.45) is 11.7 Å². The quantitative estimate of drug-likeness (QED) is 0.311. The summed E-state index contributed by atoms with van der Waals surface area (Å²) in [6.07, 6.45) is 1.86. The van der Waals surface area contributed by atoms with Crippen LogP contribution in [-0.2, 0) is 21.2 Å². The Balaban J connectivity index is 2.34. The first-order valence-corrected chi connectivity index (χ1v) is 13.9. The molecule has 8 nitrogen and oxygen atoms in total. The van der Waals surface area contributed by atoms with Crippen LogP contribution in [0.25, 0.3) is 0 Å². The van der Waals surface area contributed by atoms with E-state index in [2.05, 4.69) is 5.32 Å². The molecule has 2 rings (SSSR count). The average Bonchev–Trinajstić information content (AvgIpc) is 2.82. The Kier molecular flexibility index (Phi) is 11.4. The predicted molar refractivity (Wildman–Crippen MR) is 142 cm³/mol. The molecule has 0 aliphatic carbocycles. The highest BCUT2D eigenvalue weighted by Gasteiger charge is 2.43. The molecule has 0 bridgehead atoms. The largest absolute Gasteiger partial charge is 0.497 e. The highest BCUT2D eigenvalue weighted by molar-refractivity contribution is 7.89. The lowest BCUT2D eigenvalue weighted by molar-refractivity contribution is -0.121. The number of benzene rings is 2. The zero-order valence-corrected chi connectivity index (χ0v) is 22.6. The standard InChI is InChI=1S/C27H41N3O5S/c1-21(2)20-30(36(33,34)25-15-13-24(35-4)14-16-25)27(32,19-23-10-6-5-7-11-23)17-18-29-26(31)12-8-9-22(3)28/h5-7,10-11,13-16,21-22,32H,8-9,12,17-20,28H2,1-4H3,(H,29,31). The molecule has 2 aromatic rings. The number of sulfonamides is 1. The minimum absolute atomic E-state index is 0.0292. The summed E-state index contributed by atoms with van der Waals surface area (Å²) in [6, 6.07) is 15.4. The van der Waals surface area contributed by atoms with Crippen molar-refractivity contribution < 1.29 is 23.1 Å². The fourth-order valence-electron chi connectivity index (χ4n) is 4.00. The van der Waals surface area contributed by atoms with Crippen LogP contribution in [0.3, 0.4) is 0 Å². The van der Waals surface area contributed by atoms with Crippen LogP contribution < -0.4 is 15.8 Å². The molecule has 0 aromatic heterocycles. The van der Waals surface area contributed by atoms with Crippen molar-refractivity contribution in [3.8, 4) is 5.75 Å². The summed E-state index contributed by atoms with van der Waals surface area (Å²) in [4.78, 5) is 12.4. The molecule has 4 N–H and O–H groups in total. The highest BCUT2D eigenvalue weighted by Crippen LogP contribution is 2.31. The number of carbonyl (C=O) groups is 1. The molecule has 2 unspecified atom stereocenters. The van der Waals surface area contributed by atoms with Crippen LogP contribution >= 0.6 is 0 Å². The van der Waals surface area contributed by atoms with Gasteiger partial charge < -0.3 is 20.9 Å². The molecule has 0 aliphatic heterocycles. The topological polar surface area (TPSA) is 122 Å². The summed E-state index contributed by atoms with van der Waals surface area (Å²) in [5.41, 5.74) is 4.79. The van der Waals surface area contributed by atoms with Gasteiger partial charge in [0.05, 0.1) is 12.0 Å². The maximum absolute atomic E-state index is 13.8. The van der Waals surface area contributed by atoms with Crippen LogP contribution in [0.1, 0.15) is 52.0 Å². The van der Waals surface area contributed by atoms with Gasteiger partial charge in [0.25, 0.3) is 0 Å². The number of aliphatic hydroxyl groups is 1. The SMILES string of the molecule is COc1ccc(S(=O)(=O)N(CC(C)C)C(O)(CCNC(=O)CCCC(C)N)Cc2ccccc2)cc1. The number of ether oxygens (including phenoxy) is 1. The minimum atomic E-state index is -4.07. The van der Waals surface area contributed by atoms with Crippen LogP contribution in [0.2, 0.25) is 0 Å². The first-order chi connectivity index (χ1) is 17.0. The van der Waals surface area contributed by atoms with E-state index in [1.54, 1.807) is 12.1 Å². The van der Waals surface area contributed by atoms with E-state index >= 15 is 0 Å². The molecule has 9 heteroatoms. The number of nitrogens with two attached hydrogens (primary N) is 1. The smallest absolute Gasteiger partial charge is 0.245 e. The number of carbonyl (C=O) groups excluding carboxylic acids is 1. The maximum Gasteiger partial charge on any atom is 0.245 e. The molecule has 200 valence electrons. The zero-order valence-electron chi connectivity index (χ0n) is 21.8. The molecule has 0 radical (unpaired) electrons. The molecule has 1 amide bonds. The maximum atomic E-state index is 13.8. The van der Waals surface area contributed by atoms with Gasteiger partial charge in [0.2, 0.25) is 15.9 Å². The van der Waals surface area contributed by atoms with E-state index < -0.39 is 15.7 Å². The predicted octanol–water partition coefficient (Wildman–Crippen LogP) is 3.30. The van der Waals surface area contributed by atoms with E-state index in [1.807, 2.05) is 51.1 Å². The van der Waals surface area contributed by atoms with Crippen LogP contribution in [0.5, 0.6) is 5.75 Å². The fraction of sp³-hybridized carbons (Fsp3) is 0.519. The van der Waals surface area contributed by atoms with Crippen LogP contribution in [-0.4, -0.2) is 55.7 Å². The normalized spacial score (nSPS) is 14.4. The van der Waals surface area contributed by atoms with Gasteiger partial charge in [0.1, 0.15) is 11.5 Å². The second-order valence-corrected chi connectivity index (χ2v) is 11.6. The number of nitrogens with zero attached hydrogens (tertiary/aromatic N) is 1. The highest BCUT2D eigenvalue weighted by atomic mass is 32.2. The second kappa shape index (κ2) is 13.7. The first-order valence-electron chi connectivity index (χ1n) is 12.4. The van der Waals surface area contributed by atoms with Gasteiger partial charge in [-0.25, -0.2) is 8.42 Å². The molecule has 0 aliphatic rings. The van der Waals surface area contributed by atoms with Gasteiger partial charge in [-0.15, -0.1) is 0 Å². The monoisotopic (exact) mass is 519 g/mol. The first kappa shape index (κ1) is 29.8. The molecule has 0 heterocycles. The molecule has 2 aromatic carbocycles. The van der Waals surface area contributed by atoms with Crippen molar-refractivity contribution in [3.05, 3.63) is 60.2 Å². The summed E-state index contributed by atoms with van der Waals surface area (Å²) in [5, 5.41) is 14.8. The molecule has 2 atom stereocenters. The van der Waals surface area contributed by atoms with Crippen molar-refractivity contribution in [2.45, 2.75) is 69.5 Å². The van der Waals surface area contributed by atoms with E-state index in [-0.39, 0.29) is 48.7 Å². The molecule has 0 saturated heterocycles. The summed E-state index contributed by atoms with van der Waals surface area (Å²) in [5.74, 6) is 0.343. The third kappa shape index (κ3) is 8.89. The van der Waals surface area contributed by atoms with Gasteiger partial charge in [-0.1, -0.05) is 44.2 Å². The molecular weight excluding hydrogens is 478 g/mol. The van der Waals surface area contributed by atoms with Crippen molar-refractivity contribution in [1.82, 2.24) is 9.62 Å². The summed E-state index contributed by atoms with van der Waals surface area (Å²) in [7, 11) is -2.56. The van der Waals surface area contributed by atoms with Gasteiger partial charge in [0.15, 0.2) is 0 Å². The fourth-order valence-corrected chi connectivity index (χ4v) is 5.83. The summed E-state index contributed by atoms with van der Waals surface area (Å²) >= 11 is 0. The molecular formula is C27H41N3O5S. The average molecular weight is 520 g/mol. The third-order valence-electron chi connectivity index (χ3n) is 5.88. The lowest BCUT2D eigenvalue weighted by Crippen LogP contribution is -2.55. The van der Waals surface area contributed by atoms with E-state index in [9.17, 15) is 18.3 Å². The van der Waals surface area contributed by atoms with Crippen LogP contribution in [0, 0.1) is 5.92 Å². The number of methoxy groups -OCH3 is 1. The summed E-state index contributed by atoms with van der Waals surface area (Å²) in [6.45, 7) is 5.95. The van der Waals surface area contributed by atoms with Gasteiger partial charge in [-0.05, 0) is 55.5 Å². The molecule has 36 heavy (non-hydrogen) atoms. The minimum Gasteiger partial charge on any atom is -0.497 e. The Morgan fingerprint density at radius 3 is 2.31 bits per heavy atom. The van der Waals surface area contributed by atoms with Crippen molar-refractivity contribution >= 4 is 15.9 Å². The van der Waals surface area contributed by atoms with E-state index in [0.29, 0.717) is 18.6 Å². The Bertz CT molecular complexity index is 1040. The van der Waals surface area contributed by atoms with Crippen molar-refractivity contribution in [2.75, 3.05) is 20.2 Å². The Morgan fingerprint density at radius 2 is 1.75 bits per heavy atom. The summed E-state index contributed by atoms with van der Waals surface area (Å²) < 4.78 is 34.0. The Hall–Kier alpha value is -2.46. The van der Waals surface area contributed by atoms with E-state index in [4.69, 9.17) is 10.5 Å². The van der Waals surface area contributed by atoms with Gasteiger partial charge >= 0.3 is 0 Å². The van der Waals surface area contributed by atoms with Crippen molar-refractivity contribution in [1.29, 1.82) is 0 Å². The Morgan fingerprint density at radius 1 is 1.11 bits per heavy atom. The number of amides is 1. The van der Waals surface area contributed by atoms with Gasteiger partial charge in [-0.2, -0.15) is 4.31 Å². The second-order valence-electron chi connectivity index (χ2n) is 9.72. The van der Waals surface area contributed by atoms with Crippen LogP contribution in [0.4, 0.5) is 0 Å². The number of nitrogens with one attached hydrogen (secondary N) is 1. The number of hydrogen-bond acceptors (Lipinski definition) is 6. The van der Waals surface area contributed by atoms with Crippen LogP contribution in [0.15, 0.2) is 59.5 Å². The lowest BCUT2D eigenvalue weighted by atomic mass is 9.98. The van der Waals surface area contributed by atoms with E-state index in [0.717, 1.165) is 12.0 Å². The Labute approximate surface area is 215 Å². The zero-order chi connectivity index (χ0) is 26.8. The molecule has 0 spiro atoms. The van der Waals surface area contributed by atoms with E-state index in [1.165, 1.54) is 23.5 Å².